The zero-order valence-electron chi connectivity index (χ0n) is 15.6. The van der Waals surface area contributed by atoms with Gasteiger partial charge in [-0.1, -0.05) is 23.7 Å². The van der Waals surface area contributed by atoms with Crippen LogP contribution in [0.25, 0.3) is 0 Å². The van der Waals surface area contributed by atoms with Crippen molar-refractivity contribution in [2.24, 2.45) is 0 Å². The van der Waals surface area contributed by atoms with Crippen LogP contribution >= 0.6 is 11.6 Å². The summed E-state index contributed by atoms with van der Waals surface area (Å²) >= 11 is 5.87. The van der Waals surface area contributed by atoms with E-state index in [1.54, 1.807) is 24.3 Å². The van der Waals surface area contributed by atoms with Crippen LogP contribution in [-0.4, -0.2) is 38.3 Å². The van der Waals surface area contributed by atoms with Crippen LogP contribution in [0, 0.1) is 0 Å². The summed E-state index contributed by atoms with van der Waals surface area (Å²) in [6.45, 7) is 2.84. The lowest BCUT2D eigenvalue weighted by atomic mass is 10.1. The maximum atomic E-state index is 12.5. The van der Waals surface area contributed by atoms with Gasteiger partial charge in [-0.25, -0.2) is 8.42 Å². The number of carbonyl (C=O) groups excluding carboxylic acids is 1. The number of nitrogens with one attached hydrogen (secondary N) is 1. The Balaban J connectivity index is 1.53. The number of sulfonamides is 1. The zero-order valence-corrected chi connectivity index (χ0v) is 17.2. The van der Waals surface area contributed by atoms with E-state index in [2.05, 4.69) is 5.32 Å². The Bertz CT molecular complexity index is 908. The molecule has 1 atom stereocenters. The predicted octanol–water partition coefficient (Wildman–Crippen LogP) is 3.38. The van der Waals surface area contributed by atoms with Gasteiger partial charge in [0.25, 0.3) is 5.91 Å². The number of ether oxygens (including phenoxy) is 1. The van der Waals surface area contributed by atoms with Crippen molar-refractivity contribution in [2.45, 2.75) is 30.7 Å². The van der Waals surface area contributed by atoms with Crippen LogP contribution < -0.4 is 10.1 Å². The Hall–Kier alpha value is -2.09. The van der Waals surface area contributed by atoms with E-state index >= 15 is 0 Å². The van der Waals surface area contributed by atoms with Crippen LogP contribution in [0.1, 0.15) is 31.4 Å². The number of rotatable bonds is 7. The van der Waals surface area contributed by atoms with Gasteiger partial charge in [-0.05, 0) is 61.7 Å². The second kappa shape index (κ2) is 8.94. The molecule has 1 aliphatic rings. The van der Waals surface area contributed by atoms with Gasteiger partial charge in [0.15, 0.2) is 6.61 Å². The molecule has 1 aliphatic heterocycles. The molecule has 8 heteroatoms. The first kappa shape index (κ1) is 20.6. The average molecular weight is 423 g/mol. The first-order valence-corrected chi connectivity index (χ1v) is 11.0. The summed E-state index contributed by atoms with van der Waals surface area (Å²) in [5.41, 5.74) is 0.939. The minimum Gasteiger partial charge on any atom is -0.484 e. The van der Waals surface area contributed by atoms with E-state index in [0.717, 1.165) is 18.4 Å². The smallest absolute Gasteiger partial charge is 0.258 e. The molecule has 0 spiro atoms. The molecule has 3 rings (SSSR count). The maximum absolute atomic E-state index is 12.5. The molecule has 0 unspecified atom stereocenters. The number of benzene rings is 2. The van der Waals surface area contributed by atoms with E-state index in [1.165, 1.54) is 16.4 Å². The lowest BCUT2D eigenvalue weighted by molar-refractivity contribution is -0.123. The standard InChI is InChI=1S/C20H23ClN2O4S/c1-15(16-4-6-17(21)7-5-16)22-20(24)14-27-18-8-10-19(11-9-18)28(25,26)23-12-2-3-13-23/h4-11,15H,2-3,12-14H2,1H3,(H,22,24)/t15-/m0/s1. The Morgan fingerprint density at radius 3 is 2.32 bits per heavy atom. The average Bonchev–Trinajstić information content (AvgIpc) is 3.23. The second-order valence-electron chi connectivity index (χ2n) is 6.71. The summed E-state index contributed by atoms with van der Waals surface area (Å²) in [6, 6.07) is 13.2. The molecule has 2 aromatic rings. The number of hydrogen-bond donors (Lipinski definition) is 1. The maximum Gasteiger partial charge on any atom is 0.258 e. The Labute approximate surface area is 170 Å². The van der Waals surface area contributed by atoms with Crippen LogP contribution in [0.4, 0.5) is 0 Å². The molecule has 1 heterocycles. The highest BCUT2D eigenvalue weighted by molar-refractivity contribution is 7.89. The molecule has 150 valence electrons. The summed E-state index contributed by atoms with van der Waals surface area (Å²) < 4.78 is 32.0. The van der Waals surface area contributed by atoms with Gasteiger partial charge in [0.2, 0.25) is 10.0 Å². The van der Waals surface area contributed by atoms with Crippen LogP contribution in [0.3, 0.4) is 0 Å². The van der Waals surface area contributed by atoms with Crippen molar-refractivity contribution >= 4 is 27.5 Å². The van der Waals surface area contributed by atoms with Gasteiger partial charge in [-0.3, -0.25) is 4.79 Å². The fraction of sp³-hybridized carbons (Fsp3) is 0.350. The highest BCUT2D eigenvalue weighted by atomic mass is 35.5. The molecule has 0 aromatic heterocycles. The molecule has 2 aromatic carbocycles. The van der Waals surface area contributed by atoms with Crippen molar-refractivity contribution < 1.29 is 17.9 Å². The van der Waals surface area contributed by atoms with Crippen molar-refractivity contribution in [1.29, 1.82) is 0 Å². The zero-order chi connectivity index (χ0) is 20.1. The van der Waals surface area contributed by atoms with Gasteiger partial charge in [-0.15, -0.1) is 0 Å². The molecule has 6 nitrogen and oxygen atoms in total. The highest BCUT2D eigenvalue weighted by Crippen LogP contribution is 2.23. The van der Waals surface area contributed by atoms with Crippen LogP contribution in [0.5, 0.6) is 5.75 Å². The van der Waals surface area contributed by atoms with E-state index in [1.807, 2.05) is 19.1 Å². The lowest BCUT2D eigenvalue weighted by Gasteiger charge is -2.16. The van der Waals surface area contributed by atoms with Gasteiger partial charge in [0.05, 0.1) is 10.9 Å². The highest BCUT2D eigenvalue weighted by Gasteiger charge is 2.26. The Morgan fingerprint density at radius 1 is 1.11 bits per heavy atom. The summed E-state index contributed by atoms with van der Waals surface area (Å²) in [6.07, 6.45) is 1.79. The predicted molar refractivity (Wildman–Crippen MR) is 108 cm³/mol. The third kappa shape index (κ3) is 5.04. The third-order valence-corrected chi connectivity index (χ3v) is 6.81. The van der Waals surface area contributed by atoms with Crippen molar-refractivity contribution in [2.75, 3.05) is 19.7 Å². The summed E-state index contributed by atoms with van der Waals surface area (Å²) in [5, 5.41) is 3.49. The van der Waals surface area contributed by atoms with Crippen LogP contribution in [0.2, 0.25) is 5.02 Å². The van der Waals surface area contributed by atoms with Crippen molar-refractivity contribution in [3.8, 4) is 5.75 Å². The Kier molecular flexibility index (Phi) is 6.59. The normalized spacial score (nSPS) is 15.9. The second-order valence-corrected chi connectivity index (χ2v) is 9.09. The first-order chi connectivity index (χ1) is 13.4. The van der Waals surface area contributed by atoms with E-state index in [-0.39, 0.29) is 23.5 Å². The number of amides is 1. The van der Waals surface area contributed by atoms with Crippen molar-refractivity contribution in [1.82, 2.24) is 9.62 Å². The third-order valence-electron chi connectivity index (χ3n) is 4.64. The molecule has 1 amide bonds. The molecule has 0 aliphatic carbocycles. The van der Waals surface area contributed by atoms with E-state index in [0.29, 0.717) is 23.9 Å². The SMILES string of the molecule is C[C@H](NC(=O)COc1ccc(S(=O)(=O)N2CCCC2)cc1)c1ccc(Cl)cc1. The lowest BCUT2D eigenvalue weighted by Crippen LogP contribution is -2.31. The van der Waals surface area contributed by atoms with E-state index in [9.17, 15) is 13.2 Å². The molecule has 0 saturated carbocycles. The van der Waals surface area contributed by atoms with E-state index in [4.69, 9.17) is 16.3 Å². The molecule has 1 N–H and O–H groups in total. The monoisotopic (exact) mass is 422 g/mol. The minimum absolute atomic E-state index is 0.157. The number of hydrogen-bond acceptors (Lipinski definition) is 4. The first-order valence-electron chi connectivity index (χ1n) is 9.14. The fourth-order valence-corrected chi connectivity index (χ4v) is 4.70. The molecule has 0 bridgehead atoms. The summed E-state index contributed by atoms with van der Waals surface area (Å²) in [7, 11) is -3.45. The molecular formula is C20H23ClN2O4S. The molecule has 28 heavy (non-hydrogen) atoms. The van der Waals surface area contributed by atoms with Gasteiger partial charge in [0.1, 0.15) is 5.75 Å². The topological polar surface area (TPSA) is 75.7 Å². The van der Waals surface area contributed by atoms with Crippen LogP contribution in [-0.2, 0) is 14.8 Å². The van der Waals surface area contributed by atoms with Gasteiger partial charge in [0, 0.05) is 18.1 Å². The molecular weight excluding hydrogens is 400 g/mol. The van der Waals surface area contributed by atoms with Gasteiger partial charge < -0.3 is 10.1 Å². The fourth-order valence-electron chi connectivity index (χ4n) is 3.05. The molecule has 1 fully saturated rings. The van der Waals surface area contributed by atoms with Gasteiger partial charge >= 0.3 is 0 Å². The summed E-state index contributed by atoms with van der Waals surface area (Å²) in [4.78, 5) is 12.3. The van der Waals surface area contributed by atoms with Crippen LogP contribution in [0.15, 0.2) is 53.4 Å². The van der Waals surface area contributed by atoms with Crippen molar-refractivity contribution in [3.63, 3.8) is 0 Å². The summed E-state index contributed by atoms with van der Waals surface area (Å²) in [5.74, 6) is 0.172. The Morgan fingerprint density at radius 2 is 1.71 bits per heavy atom. The molecule has 1 saturated heterocycles. The number of nitrogens with zero attached hydrogens (tertiary/aromatic N) is 1. The molecule has 0 radical (unpaired) electrons. The quantitative estimate of drug-likeness (QED) is 0.742. The number of halogens is 1. The van der Waals surface area contributed by atoms with Crippen molar-refractivity contribution in [3.05, 3.63) is 59.1 Å². The number of carbonyl (C=O) groups is 1. The van der Waals surface area contributed by atoms with Gasteiger partial charge in [-0.2, -0.15) is 4.31 Å². The largest absolute Gasteiger partial charge is 0.484 e. The minimum atomic E-state index is -3.45. The van der Waals surface area contributed by atoms with E-state index < -0.39 is 10.0 Å².